The molecule has 0 bridgehead atoms. The normalized spacial score (nSPS) is 20.4. The van der Waals surface area contributed by atoms with Crippen molar-refractivity contribution in [2.24, 2.45) is 0 Å². The summed E-state index contributed by atoms with van der Waals surface area (Å²) in [7, 11) is 2.06. The van der Waals surface area contributed by atoms with Crippen molar-refractivity contribution in [2.75, 3.05) is 44.7 Å². The second-order valence-corrected chi connectivity index (χ2v) is 10.5. The molecule has 2 unspecified atom stereocenters. The number of likely N-dealkylation sites (tertiary alicyclic amines) is 1. The Morgan fingerprint density at radius 1 is 1.23 bits per heavy atom. The molecule has 2 aliphatic rings. The lowest BCUT2D eigenvalue weighted by atomic mass is 9.97. The molecule has 5 heterocycles. The summed E-state index contributed by atoms with van der Waals surface area (Å²) in [5.74, 6) is 0.619. The van der Waals surface area contributed by atoms with E-state index in [4.69, 9.17) is 14.7 Å². The van der Waals surface area contributed by atoms with E-state index >= 15 is 0 Å². The number of nitrogens with one attached hydrogen (secondary N) is 3. The van der Waals surface area contributed by atoms with E-state index in [1.165, 1.54) is 12.3 Å². The molecule has 6 rings (SSSR count). The van der Waals surface area contributed by atoms with Crippen molar-refractivity contribution in [1.29, 1.82) is 5.26 Å². The minimum atomic E-state index is -4.52. The Morgan fingerprint density at radius 3 is 2.88 bits per heavy atom. The molecule has 3 N–H and O–H groups in total. The lowest BCUT2D eigenvalue weighted by Gasteiger charge is -2.33. The van der Waals surface area contributed by atoms with Crippen molar-refractivity contribution in [3.05, 3.63) is 41.2 Å². The average molecular weight is 554 g/mol. The number of H-pyrrole nitrogens is 2. The molecule has 10 nitrogen and oxygen atoms in total. The van der Waals surface area contributed by atoms with Gasteiger partial charge in [-0.1, -0.05) is 0 Å². The highest BCUT2D eigenvalue weighted by molar-refractivity contribution is 5.91. The fourth-order valence-corrected chi connectivity index (χ4v) is 5.80. The van der Waals surface area contributed by atoms with Gasteiger partial charge >= 0.3 is 12.2 Å². The number of benzene rings is 1. The van der Waals surface area contributed by atoms with Crippen molar-refractivity contribution in [3.8, 4) is 12.1 Å². The molecule has 1 aromatic carbocycles. The van der Waals surface area contributed by atoms with E-state index in [9.17, 15) is 18.4 Å². The highest BCUT2D eigenvalue weighted by atomic mass is 19.4. The molecule has 0 spiro atoms. The summed E-state index contributed by atoms with van der Waals surface area (Å²) >= 11 is 0. The van der Waals surface area contributed by atoms with Gasteiger partial charge in [0.2, 0.25) is 0 Å². The number of aromatic nitrogens is 5. The fourth-order valence-electron chi connectivity index (χ4n) is 5.80. The zero-order chi connectivity index (χ0) is 27.9. The van der Waals surface area contributed by atoms with E-state index in [1.807, 2.05) is 0 Å². The number of nitrogens with zero attached hydrogens (tertiary/aromatic N) is 6. The molecule has 2 saturated heterocycles. The monoisotopic (exact) mass is 553 g/mol. The van der Waals surface area contributed by atoms with Crippen LogP contribution in [0.5, 0.6) is 6.01 Å². The number of aromatic amines is 2. The molecule has 4 aromatic rings. The van der Waals surface area contributed by atoms with Crippen molar-refractivity contribution < 1.29 is 17.9 Å². The van der Waals surface area contributed by atoms with Gasteiger partial charge in [-0.05, 0) is 44.1 Å². The number of alkyl halides is 3. The summed E-state index contributed by atoms with van der Waals surface area (Å²) < 4.78 is 48.3. The predicted octanol–water partition coefficient (Wildman–Crippen LogP) is 3.61. The number of hydrogen-bond acceptors (Lipinski definition) is 8. The van der Waals surface area contributed by atoms with Gasteiger partial charge in [-0.3, -0.25) is 5.10 Å². The van der Waals surface area contributed by atoms with E-state index in [0.29, 0.717) is 66.0 Å². The largest absolute Gasteiger partial charge is 0.462 e. The van der Waals surface area contributed by atoms with E-state index in [0.717, 1.165) is 25.5 Å². The van der Waals surface area contributed by atoms with Crippen LogP contribution in [-0.4, -0.2) is 82.0 Å². The lowest BCUT2D eigenvalue weighted by Crippen LogP contribution is -2.51. The van der Waals surface area contributed by atoms with E-state index < -0.39 is 11.7 Å². The third kappa shape index (κ3) is 5.04. The van der Waals surface area contributed by atoms with Gasteiger partial charge in [0.15, 0.2) is 5.82 Å². The fraction of sp³-hybridized carbons (Fsp3) is 0.481. The molecule has 0 saturated carbocycles. The summed E-state index contributed by atoms with van der Waals surface area (Å²) in [4.78, 5) is 17.0. The van der Waals surface area contributed by atoms with Crippen molar-refractivity contribution in [2.45, 2.75) is 43.9 Å². The molecular formula is C27H30F3N9O. The molecule has 3 aromatic heterocycles. The quantitative estimate of drug-likeness (QED) is 0.317. The smallest absolute Gasteiger partial charge is 0.416 e. The molecule has 2 aliphatic heterocycles. The third-order valence-corrected chi connectivity index (χ3v) is 7.94. The molecule has 0 aliphatic carbocycles. The van der Waals surface area contributed by atoms with Gasteiger partial charge in [-0.2, -0.15) is 33.5 Å². The van der Waals surface area contributed by atoms with Gasteiger partial charge in [-0.15, -0.1) is 0 Å². The maximum Gasteiger partial charge on any atom is 0.416 e. The van der Waals surface area contributed by atoms with Crippen LogP contribution in [0.4, 0.5) is 19.0 Å². The standard InChI is InChI=1S/C27H30F3N9O/c1-38-9-2-3-18(38)15-40-26-35-23-16(11-19-20-13-34-37-22(20)5-4-21(19)27(28,29)30)12-33-24(23)25(36-26)39-10-8-32-17(14-39)6-7-31/h4-5,12-13,17-18,32-33H,2-3,6,8-11,14-15H2,1H3,(H,34,37). The zero-order valence-corrected chi connectivity index (χ0v) is 22.1. The summed E-state index contributed by atoms with van der Waals surface area (Å²) in [6, 6.07) is 5.12. The van der Waals surface area contributed by atoms with Gasteiger partial charge in [0.05, 0.1) is 29.8 Å². The first-order valence-corrected chi connectivity index (χ1v) is 13.4. The van der Waals surface area contributed by atoms with Gasteiger partial charge in [0.1, 0.15) is 17.6 Å². The maximum absolute atomic E-state index is 14.1. The first kappa shape index (κ1) is 26.3. The number of fused-ring (bicyclic) bond motifs is 2. The molecule has 40 heavy (non-hydrogen) atoms. The van der Waals surface area contributed by atoms with Crippen LogP contribution in [0.25, 0.3) is 21.9 Å². The summed E-state index contributed by atoms with van der Waals surface area (Å²) in [5.41, 5.74) is 1.71. The predicted molar refractivity (Wildman–Crippen MR) is 143 cm³/mol. The Hall–Kier alpha value is -3.89. The van der Waals surface area contributed by atoms with Gasteiger partial charge < -0.3 is 24.8 Å². The minimum absolute atomic E-state index is 0.00835. The number of hydrogen-bond donors (Lipinski definition) is 3. The van der Waals surface area contributed by atoms with Crippen LogP contribution in [0, 0.1) is 11.3 Å². The topological polar surface area (TPSA) is 122 Å². The Morgan fingerprint density at radius 2 is 2.10 bits per heavy atom. The van der Waals surface area contributed by atoms with Crippen LogP contribution in [0.2, 0.25) is 0 Å². The molecule has 2 fully saturated rings. The van der Waals surface area contributed by atoms with Crippen molar-refractivity contribution >= 4 is 27.8 Å². The molecule has 13 heteroatoms. The van der Waals surface area contributed by atoms with Crippen LogP contribution in [0.3, 0.4) is 0 Å². The molecule has 0 radical (unpaired) electrons. The third-order valence-electron chi connectivity index (χ3n) is 7.94. The van der Waals surface area contributed by atoms with E-state index in [2.05, 4.69) is 43.4 Å². The number of anilines is 1. The van der Waals surface area contributed by atoms with E-state index in [-0.39, 0.29) is 30.1 Å². The summed E-state index contributed by atoms with van der Waals surface area (Å²) in [6.07, 6.45) is 1.07. The maximum atomic E-state index is 14.1. The number of halogens is 3. The van der Waals surface area contributed by atoms with Crippen molar-refractivity contribution in [1.82, 2.24) is 35.4 Å². The minimum Gasteiger partial charge on any atom is -0.462 e. The molecule has 0 amide bonds. The highest BCUT2D eigenvalue weighted by Gasteiger charge is 2.35. The van der Waals surface area contributed by atoms with E-state index in [1.54, 1.807) is 6.20 Å². The zero-order valence-electron chi connectivity index (χ0n) is 22.1. The summed E-state index contributed by atoms with van der Waals surface area (Å²) in [6.45, 7) is 3.31. The Labute approximate surface area is 228 Å². The Bertz CT molecular complexity index is 1560. The van der Waals surface area contributed by atoms with Crippen LogP contribution in [-0.2, 0) is 12.6 Å². The lowest BCUT2D eigenvalue weighted by molar-refractivity contribution is -0.138. The van der Waals surface area contributed by atoms with Gasteiger partial charge in [0.25, 0.3) is 0 Å². The van der Waals surface area contributed by atoms with Crippen molar-refractivity contribution in [3.63, 3.8) is 0 Å². The number of likely N-dealkylation sites (N-methyl/N-ethyl adjacent to an activating group) is 1. The number of ether oxygens (including phenoxy) is 1. The summed E-state index contributed by atoms with van der Waals surface area (Å²) in [5, 5.41) is 19.7. The SMILES string of the molecule is CN1CCCC1COc1nc(N2CCNC(CC#N)C2)c2[nH]cc(Cc3c(C(F)(F)F)ccc4[nH]ncc34)c2n1. The number of piperazine rings is 1. The van der Waals surface area contributed by atoms with Crippen LogP contribution < -0.4 is 15.0 Å². The highest BCUT2D eigenvalue weighted by Crippen LogP contribution is 2.38. The Balaban J connectivity index is 1.41. The van der Waals surface area contributed by atoms with Crippen LogP contribution in [0.1, 0.15) is 36.0 Å². The van der Waals surface area contributed by atoms with Crippen LogP contribution in [0.15, 0.2) is 24.5 Å². The first-order chi connectivity index (χ1) is 19.3. The number of nitriles is 1. The van der Waals surface area contributed by atoms with Crippen LogP contribution >= 0.6 is 0 Å². The second-order valence-electron chi connectivity index (χ2n) is 10.5. The first-order valence-electron chi connectivity index (χ1n) is 13.4. The Kier molecular flexibility index (Phi) is 6.97. The average Bonchev–Trinajstić information content (AvgIpc) is 3.67. The van der Waals surface area contributed by atoms with Gasteiger partial charge in [-0.25, -0.2) is 0 Å². The molecule has 2 atom stereocenters. The molecule has 210 valence electrons. The number of rotatable bonds is 7. The second kappa shape index (κ2) is 10.6. The van der Waals surface area contributed by atoms with Gasteiger partial charge in [0, 0.05) is 55.3 Å². The molecular weight excluding hydrogens is 523 g/mol.